The van der Waals surface area contributed by atoms with Crippen molar-refractivity contribution in [2.45, 2.75) is 6.92 Å². The van der Waals surface area contributed by atoms with Crippen LogP contribution in [-0.2, 0) is 0 Å². The largest absolute Gasteiger partial charge is 0.369 e. The third-order valence-electron chi connectivity index (χ3n) is 1.63. The van der Waals surface area contributed by atoms with Gasteiger partial charge in [0, 0.05) is 18.0 Å². The van der Waals surface area contributed by atoms with E-state index < -0.39 is 0 Å². The molecule has 1 aromatic rings. The van der Waals surface area contributed by atoms with Gasteiger partial charge in [0.1, 0.15) is 5.82 Å². The number of anilines is 1. The Morgan fingerprint density at radius 2 is 2.43 bits per heavy atom. The fourth-order valence-corrected chi connectivity index (χ4v) is 1.53. The van der Waals surface area contributed by atoms with Crippen molar-refractivity contribution in [2.75, 3.05) is 23.4 Å². The van der Waals surface area contributed by atoms with E-state index in [9.17, 15) is 0 Å². The second-order valence-electron chi connectivity index (χ2n) is 2.85. The summed E-state index contributed by atoms with van der Waals surface area (Å²) in [5.74, 6) is 5.33. The van der Waals surface area contributed by atoms with Gasteiger partial charge < -0.3 is 5.32 Å². The van der Waals surface area contributed by atoms with Gasteiger partial charge in [0.2, 0.25) is 0 Å². The van der Waals surface area contributed by atoms with Crippen LogP contribution < -0.4 is 5.32 Å². The highest BCUT2D eigenvalue weighted by Gasteiger charge is 1.92. The smallest absolute Gasteiger partial charge is 0.126 e. The van der Waals surface area contributed by atoms with Gasteiger partial charge in [0.15, 0.2) is 0 Å². The minimum atomic E-state index is 0.781. The maximum Gasteiger partial charge on any atom is 0.126 e. The molecule has 0 atom stereocenters. The zero-order chi connectivity index (χ0) is 10.2. The highest BCUT2D eigenvalue weighted by molar-refractivity contribution is 7.99. The molecule has 0 aliphatic carbocycles. The van der Waals surface area contributed by atoms with Gasteiger partial charge in [0.25, 0.3) is 0 Å². The van der Waals surface area contributed by atoms with E-state index in [0.717, 1.165) is 29.6 Å². The Balaban J connectivity index is 2.22. The van der Waals surface area contributed by atoms with Crippen molar-refractivity contribution in [1.82, 2.24) is 4.98 Å². The second kappa shape index (κ2) is 6.33. The van der Waals surface area contributed by atoms with Crippen LogP contribution in [0, 0.1) is 19.3 Å². The lowest BCUT2D eigenvalue weighted by Gasteiger charge is -2.04. The molecule has 74 valence electrons. The lowest BCUT2D eigenvalue weighted by atomic mass is 10.4. The molecule has 3 heteroatoms. The molecule has 0 aromatic carbocycles. The molecule has 0 amide bonds. The van der Waals surface area contributed by atoms with Crippen LogP contribution in [0.15, 0.2) is 18.2 Å². The van der Waals surface area contributed by atoms with Crippen molar-refractivity contribution < 1.29 is 0 Å². The van der Waals surface area contributed by atoms with Gasteiger partial charge in [-0.05, 0) is 19.1 Å². The first-order chi connectivity index (χ1) is 6.83. The molecular weight excluding hydrogens is 192 g/mol. The van der Waals surface area contributed by atoms with E-state index in [4.69, 9.17) is 6.42 Å². The molecule has 0 aliphatic rings. The Bertz CT molecular complexity index is 317. The van der Waals surface area contributed by atoms with Gasteiger partial charge >= 0.3 is 0 Å². The number of thioether (sulfide) groups is 1. The fourth-order valence-electron chi connectivity index (χ4n) is 1.02. The van der Waals surface area contributed by atoms with Gasteiger partial charge in [-0.3, -0.25) is 0 Å². The van der Waals surface area contributed by atoms with Crippen LogP contribution in [0.4, 0.5) is 5.82 Å². The molecule has 1 N–H and O–H groups in total. The summed E-state index contributed by atoms with van der Waals surface area (Å²) in [6.07, 6.45) is 5.14. The molecule has 0 radical (unpaired) electrons. The van der Waals surface area contributed by atoms with Crippen molar-refractivity contribution >= 4 is 17.6 Å². The van der Waals surface area contributed by atoms with E-state index in [2.05, 4.69) is 16.2 Å². The first kappa shape index (κ1) is 10.9. The molecule has 1 rings (SSSR count). The normalized spacial score (nSPS) is 9.43. The standard InChI is InChI=1S/C11H14N2S/c1-3-8-14-9-7-12-11-6-4-5-10(2)13-11/h1,4-6H,7-9H2,2H3,(H,12,13). The highest BCUT2D eigenvalue weighted by atomic mass is 32.2. The number of aryl methyl sites for hydroxylation is 1. The molecule has 0 bridgehead atoms. The van der Waals surface area contributed by atoms with Crippen LogP contribution >= 0.6 is 11.8 Å². The van der Waals surface area contributed by atoms with Crippen molar-refractivity contribution in [3.8, 4) is 12.3 Å². The third-order valence-corrected chi connectivity index (χ3v) is 2.49. The average Bonchev–Trinajstić information content (AvgIpc) is 2.18. The van der Waals surface area contributed by atoms with Gasteiger partial charge in [-0.2, -0.15) is 0 Å². The van der Waals surface area contributed by atoms with Crippen LogP contribution in [0.1, 0.15) is 5.69 Å². The molecule has 1 aromatic heterocycles. The summed E-state index contributed by atoms with van der Waals surface area (Å²) in [5, 5.41) is 3.24. The number of nitrogens with one attached hydrogen (secondary N) is 1. The number of terminal acetylenes is 1. The summed E-state index contributed by atoms with van der Waals surface area (Å²) < 4.78 is 0. The molecule has 0 fully saturated rings. The monoisotopic (exact) mass is 206 g/mol. The number of hydrogen-bond acceptors (Lipinski definition) is 3. The van der Waals surface area contributed by atoms with E-state index in [1.54, 1.807) is 11.8 Å². The average molecular weight is 206 g/mol. The van der Waals surface area contributed by atoms with Crippen LogP contribution in [0.5, 0.6) is 0 Å². The van der Waals surface area contributed by atoms with Gasteiger partial charge in [-0.1, -0.05) is 12.0 Å². The summed E-state index contributed by atoms with van der Waals surface area (Å²) in [7, 11) is 0. The Labute approximate surface area is 89.5 Å². The molecule has 0 unspecified atom stereocenters. The molecule has 14 heavy (non-hydrogen) atoms. The highest BCUT2D eigenvalue weighted by Crippen LogP contribution is 2.04. The summed E-state index contributed by atoms with van der Waals surface area (Å²) in [5.41, 5.74) is 1.03. The SMILES string of the molecule is C#CCSCCNc1cccc(C)n1. The van der Waals surface area contributed by atoms with Crippen molar-refractivity contribution in [3.63, 3.8) is 0 Å². The van der Waals surface area contributed by atoms with Gasteiger partial charge in [-0.25, -0.2) is 4.98 Å². The quantitative estimate of drug-likeness (QED) is 0.590. The molecule has 2 nitrogen and oxygen atoms in total. The van der Waals surface area contributed by atoms with Crippen molar-refractivity contribution in [1.29, 1.82) is 0 Å². The molecule has 0 spiro atoms. The number of rotatable bonds is 5. The maximum atomic E-state index is 5.14. The Morgan fingerprint density at radius 1 is 1.57 bits per heavy atom. The molecular formula is C11H14N2S. The minimum absolute atomic E-state index is 0.781. The lowest BCUT2D eigenvalue weighted by molar-refractivity contribution is 1.13. The fraction of sp³-hybridized carbons (Fsp3) is 0.364. The first-order valence-corrected chi connectivity index (χ1v) is 5.67. The molecule has 1 heterocycles. The van der Waals surface area contributed by atoms with E-state index in [0.29, 0.717) is 0 Å². The summed E-state index contributed by atoms with van der Waals surface area (Å²) in [6, 6.07) is 5.95. The lowest BCUT2D eigenvalue weighted by Crippen LogP contribution is -2.06. The van der Waals surface area contributed by atoms with Gasteiger partial charge in [-0.15, -0.1) is 18.2 Å². The zero-order valence-corrected chi connectivity index (χ0v) is 9.10. The number of pyridine rings is 1. The predicted octanol–water partition coefficient (Wildman–Crippen LogP) is 2.17. The molecule has 0 aliphatic heterocycles. The van der Waals surface area contributed by atoms with E-state index in [-0.39, 0.29) is 0 Å². The summed E-state index contributed by atoms with van der Waals surface area (Å²) in [6.45, 7) is 2.89. The van der Waals surface area contributed by atoms with E-state index in [1.165, 1.54) is 0 Å². The topological polar surface area (TPSA) is 24.9 Å². The van der Waals surface area contributed by atoms with E-state index in [1.807, 2.05) is 25.1 Å². The second-order valence-corrected chi connectivity index (χ2v) is 3.95. The number of hydrogen-bond donors (Lipinski definition) is 1. The number of nitrogens with zero attached hydrogens (tertiary/aromatic N) is 1. The first-order valence-electron chi connectivity index (χ1n) is 4.51. The van der Waals surface area contributed by atoms with Crippen LogP contribution in [0.25, 0.3) is 0 Å². The Kier molecular flexibility index (Phi) is 4.95. The maximum absolute atomic E-state index is 5.14. The predicted molar refractivity (Wildman–Crippen MR) is 63.6 cm³/mol. The molecule has 0 saturated carbocycles. The Hall–Kier alpha value is -1.14. The Morgan fingerprint density at radius 3 is 3.14 bits per heavy atom. The van der Waals surface area contributed by atoms with Crippen molar-refractivity contribution in [3.05, 3.63) is 23.9 Å². The van der Waals surface area contributed by atoms with Crippen LogP contribution in [0.3, 0.4) is 0 Å². The number of aromatic nitrogens is 1. The van der Waals surface area contributed by atoms with Gasteiger partial charge in [0.05, 0.1) is 5.75 Å². The zero-order valence-electron chi connectivity index (χ0n) is 8.29. The van der Waals surface area contributed by atoms with Crippen LogP contribution in [-0.4, -0.2) is 23.0 Å². The third kappa shape index (κ3) is 4.20. The van der Waals surface area contributed by atoms with Crippen LogP contribution in [0.2, 0.25) is 0 Å². The van der Waals surface area contributed by atoms with E-state index >= 15 is 0 Å². The van der Waals surface area contributed by atoms with Crippen molar-refractivity contribution in [2.24, 2.45) is 0 Å². The minimum Gasteiger partial charge on any atom is -0.369 e. The summed E-state index contributed by atoms with van der Waals surface area (Å²) >= 11 is 1.75. The summed E-state index contributed by atoms with van der Waals surface area (Å²) in [4.78, 5) is 4.33. The molecule has 0 saturated heterocycles.